The van der Waals surface area contributed by atoms with Crippen molar-refractivity contribution in [2.24, 2.45) is 0 Å². The molecule has 0 aliphatic rings. The smallest absolute Gasteiger partial charge is 0.168 e. The Morgan fingerprint density at radius 1 is 1.50 bits per heavy atom. The number of benzene rings is 1. The van der Waals surface area contributed by atoms with Crippen LogP contribution in [0.4, 0.5) is 4.39 Å². The van der Waals surface area contributed by atoms with Crippen LogP contribution in [0.5, 0.6) is 5.75 Å². The molecule has 1 aromatic rings. The molecule has 0 fully saturated rings. The molecule has 0 bridgehead atoms. The fourth-order valence-corrected chi connectivity index (χ4v) is 1.43. The number of hydrogen-bond donors (Lipinski definition) is 1. The van der Waals surface area contributed by atoms with Gasteiger partial charge in [0.05, 0.1) is 7.11 Å². The topological polar surface area (TPSA) is 46.5 Å². The summed E-state index contributed by atoms with van der Waals surface area (Å²) in [6.07, 6.45) is 0.737. The molecule has 3 nitrogen and oxygen atoms in total. The molecule has 1 aromatic carbocycles. The summed E-state index contributed by atoms with van der Waals surface area (Å²) in [5.74, 6) is -0.420. The van der Waals surface area contributed by atoms with E-state index in [9.17, 15) is 9.18 Å². The molecule has 0 atom stereocenters. The molecule has 1 N–H and O–H groups in total. The van der Waals surface area contributed by atoms with E-state index in [-0.39, 0.29) is 31.0 Å². The Kier molecular flexibility index (Phi) is 4.92. The average Bonchev–Trinajstić information content (AvgIpc) is 2.29. The molecule has 0 heterocycles. The second-order valence-electron chi connectivity index (χ2n) is 3.48. The second-order valence-corrected chi connectivity index (χ2v) is 3.48. The molecular weight excluding hydrogens is 211 g/mol. The first-order valence-corrected chi connectivity index (χ1v) is 5.13. The monoisotopic (exact) mass is 226 g/mol. The van der Waals surface area contributed by atoms with Crippen molar-refractivity contribution in [2.75, 3.05) is 13.7 Å². The van der Waals surface area contributed by atoms with Gasteiger partial charge in [0.15, 0.2) is 11.6 Å². The maximum Gasteiger partial charge on any atom is 0.168 e. The van der Waals surface area contributed by atoms with Gasteiger partial charge in [-0.1, -0.05) is 12.1 Å². The number of rotatable bonds is 6. The van der Waals surface area contributed by atoms with Crippen LogP contribution in [0, 0.1) is 5.82 Å². The molecule has 0 spiro atoms. The maximum atomic E-state index is 13.6. The lowest BCUT2D eigenvalue weighted by atomic mass is 10.1. The van der Waals surface area contributed by atoms with Gasteiger partial charge in [-0.25, -0.2) is 4.39 Å². The number of halogens is 1. The summed E-state index contributed by atoms with van der Waals surface area (Å²) in [5, 5.41) is 8.57. The summed E-state index contributed by atoms with van der Waals surface area (Å²) in [6.45, 7) is -0.0215. The summed E-state index contributed by atoms with van der Waals surface area (Å²) < 4.78 is 18.5. The fourth-order valence-electron chi connectivity index (χ4n) is 1.43. The molecule has 4 heteroatoms. The van der Waals surface area contributed by atoms with Crippen molar-refractivity contribution in [1.29, 1.82) is 0 Å². The van der Waals surface area contributed by atoms with E-state index in [0.717, 1.165) is 0 Å². The Hall–Kier alpha value is -1.42. The van der Waals surface area contributed by atoms with E-state index in [1.807, 2.05) is 0 Å². The number of ether oxygens (including phenoxy) is 1. The van der Waals surface area contributed by atoms with Gasteiger partial charge in [-0.3, -0.25) is 4.79 Å². The fraction of sp³-hybridized carbons (Fsp3) is 0.417. The van der Waals surface area contributed by atoms with Crippen LogP contribution >= 0.6 is 0 Å². The number of hydrogen-bond acceptors (Lipinski definition) is 3. The lowest BCUT2D eigenvalue weighted by Gasteiger charge is -2.06. The lowest BCUT2D eigenvalue weighted by Crippen LogP contribution is -2.06. The Labute approximate surface area is 93.9 Å². The van der Waals surface area contributed by atoms with E-state index in [4.69, 9.17) is 9.84 Å². The third-order valence-electron chi connectivity index (χ3n) is 2.26. The third-order valence-corrected chi connectivity index (χ3v) is 2.26. The Morgan fingerprint density at radius 2 is 2.25 bits per heavy atom. The van der Waals surface area contributed by atoms with Crippen molar-refractivity contribution in [3.05, 3.63) is 29.6 Å². The van der Waals surface area contributed by atoms with Gasteiger partial charge in [0.1, 0.15) is 5.78 Å². The predicted octanol–water partition coefficient (Wildman–Crippen LogP) is 1.72. The van der Waals surface area contributed by atoms with Crippen molar-refractivity contribution in [3.8, 4) is 5.75 Å². The molecule has 0 unspecified atom stereocenters. The van der Waals surface area contributed by atoms with Crippen molar-refractivity contribution >= 4 is 5.78 Å². The van der Waals surface area contributed by atoms with Crippen LogP contribution in [0.2, 0.25) is 0 Å². The van der Waals surface area contributed by atoms with Crippen molar-refractivity contribution in [2.45, 2.75) is 19.3 Å². The van der Waals surface area contributed by atoms with Crippen LogP contribution in [-0.2, 0) is 11.2 Å². The Morgan fingerprint density at radius 3 is 2.88 bits per heavy atom. The Bertz CT molecular complexity index is 363. The van der Waals surface area contributed by atoms with E-state index in [2.05, 4.69) is 0 Å². The van der Waals surface area contributed by atoms with Crippen LogP contribution in [0.25, 0.3) is 0 Å². The van der Waals surface area contributed by atoms with Crippen molar-refractivity contribution in [3.63, 3.8) is 0 Å². The number of aliphatic hydroxyl groups excluding tert-OH is 1. The van der Waals surface area contributed by atoms with Crippen LogP contribution in [0.1, 0.15) is 18.4 Å². The van der Waals surface area contributed by atoms with Gasteiger partial charge in [-0.2, -0.15) is 0 Å². The standard InChI is InChI=1S/C12H15FO3/c1-16-11-6-2-4-9(12(11)13)8-10(15)5-3-7-14/h2,4,6,14H,3,5,7-8H2,1H3. The summed E-state index contributed by atoms with van der Waals surface area (Å²) in [5.41, 5.74) is 0.335. The SMILES string of the molecule is COc1cccc(CC(=O)CCCO)c1F. The normalized spacial score (nSPS) is 10.2. The van der Waals surface area contributed by atoms with Crippen LogP contribution in [0.3, 0.4) is 0 Å². The first-order valence-electron chi connectivity index (χ1n) is 5.13. The van der Waals surface area contributed by atoms with Crippen molar-refractivity contribution in [1.82, 2.24) is 0 Å². The molecule has 0 radical (unpaired) electrons. The molecule has 0 saturated heterocycles. The first kappa shape index (κ1) is 12.6. The summed E-state index contributed by atoms with van der Waals surface area (Å²) in [7, 11) is 1.38. The third kappa shape index (κ3) is 3.31. The molecule has 0 amide bonds. The van der Waals surface area contributed by atoms with Gasteiger partial charge >= 0.3 is 0 Å². The van der Waals surface area contributed by atoms with Crippen LogP contribution in [0.15, 0.2) is 18.2 Å². The van der Waals surface area contributed by atoms with Crippen LogP contribution < -0.4 is 4.74 Å². The van der Waals surface area contributed by atoms with Gasteiger partial charge in [0.25, 0.3) is 0 Å². The largest absolute Gasteiger partial charge is 0.494 e. The highest BCUT2D eigenvalue weighted by Crippen LogP contribution is 2.20. The molecule has 88 valence electrons. The zero-order valence-corrected chi connectivity index (χ0v) is 9.20. The number of ketones is 1. The predicted molar refractivity (Wildman–Crippen MR) is 58.0 cm³/mol. The van der Waals surface area contributed by atoms with E-state index in [0.29, 0.717) is 12.0 Å². The molecule has 16 heavy (non-hydrogen) atoms. The van der Waals surface area contributed by atoms with Gasteiger partial charge in [-0.15, -0.1) is 0 Å². The Balaban J connectivity index is 2.70. The van der Waals surface area contributed by atoms with Crippen molar-refractivity contribution < 1.29 is 19.0 Å². The van der Waals surface area contributed by atoms with E-state index in [1.165, 1.54) is 13.2 Å². The number of Topliss-reactive ketones (excluding diaryl/α,β-unsaturated/α-hetero) is 1. The number of methoxy groups -OCH3 is 1. The summed E-state index contributed by atoms with van der Waals surface area (Å²) >= 11 is 0. The molecule has 0 aliphatic carbocycles. The second kappa shape index (κ2) is 6.23. The molecule has 0 aliphatic heterocycles. The average molecular weight is 226 g/mol. The summed E-state index contributed by atoms with van der Waals surface area (Å²) in [6, 6.07) is 4.72. The van der Waals surface area contributed by atoms with E-state index in [1.54, 1.807) is 12.1 Å². The minimum absolute atomic E-state index is 0.0215. The number of carbonyl (C=O) groups excluding carboxylic acids is 1. The minimum Gasteiger partial charge on any atom is -0.494 e. The highest BCUT2D eigenvalue weighted by atomic mass is 19.1. The number of aliphatic hydroxyl groups is 1. The first-order chi connectivity index (χ1) is 7.69. The molecule has 1 rings (SSSR count). The molecule has 0 saturated carbocycles. The molecular formula is C12H15FO3. The van der Waals surface area contributed by atoms with Crippen LogP contribution in [-0.4, -0.2) is 24.6 Å². The number of carbonyl (C=O) groups is 1. The zero-order chi connectivity index (χ0) is 12.0. The van der Waals surface area contributed by atoms with Gasteiger partial charge in [-0.05, 0) is 18.1 Å². The highest BCUT2D eigenvalue weighted by molar-refractivity contribution is 5.81. The summed E-state index contributed by atoms with van der Waals surface area (Å²) in [4.78, 5) is 11.4. The van der Waals surface area contributed by atoms with Gasteiger partial charge < -0.3 is 9.84 Å². The molecule has 0 aromatic heterocycles. The maximum absolute atomic E-state index is 13.6. The van der Waals surface area contributed by atoms with Gasteiger partial charge in [0, 0.05) is 19.4 Å². The zero-order valence-electron chi connectivity index (χ0n) is 9.20. The lowest BCUT2D eigenvalue weighted by molar-refractivity contribution is -0.118. The van der Waals surface area contributed by atoms with E-state index >= 15 is 0 Å². The quantitative estimate of drug-likeness (QED) is 0.803. The minimum atomic E-state index is -0.484. The van der Waals surface area contributed by atoms with E-state index < -0.39 is 5.82 Å². The highest BCUT2D eigenvalue weighted by Gasteiger charge is 2.11. The van der Waals surface area contributed by atoms with Gasteiger partial charge in [0.2, 0.25) is 0 Å².